The minimum absolute atomic E-state index is 0.124. The summed E-state index contributed by atoms with van der Waals surface area (Å²) in [6, 6.07) is -4.66. The van der Waals surface area contributed by atoms with Crippen molar-refractivity contribution in [2.45, 2.75) is 70.1 Å². The summed E-state index contributed by atoms with van der Waals surface area (Å²) >= 11 is 4.04. The summed E-state index contributed by atoms with van der Waals surface area (Å²) in [5.41, 5.74) is 16.5. The van der Waals surface area contributed by atoms with Crippen LogP contribution < -0.4 is 33.2 Å². The van der Waals surface area contributed by atoms with Crippen LogP contribution in [-0.2, 0) is 24.0 Å². The smallest absolute Gasteiger partial charge is 0.326 e. The molecule has 0 aliphatic carbocycles. The zero-order valence-corrected chi connectivity index (χ0v) is 20.8. The molecule has 0 aromatic rings. The minimum Gasteiger partial charge on any atom is -0.481 e. The van der Waals surface area contributed by atoms with E-state index >= 15 is 0 Å². The molecule has 0 aromatic heterocycles. The third kappa shape index (κ3) is 12.8. The van der Waals surface area contributed by atoms with Crippen molar-refractivity contribution in [2.75, 3.05) is 12.3 Å². The van der Waals surface area contributed by atoms with Crippen LogP contribution in [0.4, 0.5) is 0 Å². The van der Waals surface area contributed by atoms with Gasteiger partial charge in [-0.3, -0.25) is 24.2 Å². The first-order valence-electron chi connectivity index (χ1n) is 11.1. The fourth-order valence-corrected chi connectivity index (χ4v) is 3.07. The number of amides is 3. The van der Waals surface area contributed by atoms with Gasteiger partial charge < -0.3 is 43.4 Å². The molecule has 0 saturated carbocycles. The number of rotatable bonds is 17. The van der Waals surface area contributed by atoms with Crippen molar-refractivity contribution in [2.24, 2.45) is 28.1 Å². The number of nitrogens with zero attached hydrogens (tertiary/aromatic N) is 1. The zero-order chi connectivity index (χ0) is 27.1. The molecule has 35 heavy (non-hydrogen) atoms. The van der Waals surface area contributed by atoms with Crippen LogP contribution in [-0.4, -0.2) is 82.3 Å². The zero-order valence-electron chi connectivity index (χ0n) is 19.9. The number of carbonyl (C=O) groups is 5. The molecule has 0 radical (unpaired) electrons. The third-order valence-electron chi connectivity index (χ3n) is 5.22. The predicted octanol–water partition coefficient (Wildman–Crippen LogP) is -2.25. The van der Waals surface area contributed by atoms with E-state index in [0.717, 1.165) is 0 Å². The van der Waals surface area contributed by atoms with E-state index in [9.17, 15) is 29.1 Å². The normalized spacial score (nSPS) is 15.0. The Kier molecular flexibility index (Phi) is 15.1. The molecule has 0 aliphatic heterocycles. The third-order valence-corrected chi connectivity index (χ3v) is 5.58. The Balaban J connectivity index is 5.40. The van der Waals surface area contributed by atoms with Gasteiger partial charge in [0, 0.05) is 18.7 Å². The average Bonchev–Trinajstić information content (AvgIpc) is 2.79. The summed E-state index contributed by atoms with van der Waals surface area (Å²) in [5.74, 6) is -5.24. The van der Waals surface area contributed by atoms with Crippen LogP contribution >= 0.6 is 12.6 Å². The number of carboxylic acid groups (broad SMARTS) is 2. The standard InChI is InChI=1S/C20H37N7O7S/c1-3-10(2)15(21)18(32)25-11(5-4-8-24-20(22)23)16(30)27-13(9-35)17(31)26-12(19(33)34)6-7-14(28)29/h10-13,15,35H,3-9,21H2,1-2H3,(H,25,32)(H,26,31)(H,27,30)(H,28,29)(H,33,34)(H4,22,23,24). The van der Waals surface area contributed by atoms with Gasteiger partial charge in [0.05, 0.1) is 6.04 Å². The highest BCUT2D eigenvalue weighted by molar-refractivity contribution is 7.80. The van der Waals surface area contributed by atoms with Gasteiger partial charge in [-0.15, -0.1) is 0 Å². The Morgan fingerprint density at radius 3 is 1.94 bits per heavy atom. The second-order valence-corrected chi connectivity index (χ2v) is 8.36. The molecule has 0 bridgehead atoms. The second-order valence-electron chi connectivity index (χ2n) is 8.00. The van der Waals surface area contributed by atoms with Gasteiger partial charge in [-0.05, 0) is 25.2 Å². The van der Waals surface area contributed by atoms with E-state index < -0.39 is 60.2 Å². The molecule has 5 unspecified atom stereocenters. The van der Waals surface area contributed by atoms with Gasteiger partial charge in [0.1, 0.15) is 18.1 Å². The fraction of sp³-hybridized carbons (Fsp3) is 0.700. The van der Waals surface area contributed by atoms with Crippen LogP contribution in [0.25, 0.3) is 0 Å². The van der Waals surface area contributed by atoms with Gasteiger partial charge in [0.25, 0.3) is 0 Å². The highest BCUT2D eigenvalue weighted by Crippen LogP contribution is 2.08. The molecule has 0 fully saturated rings. The summed E-state index contributed by atoms with van der Waals surface area (Å²) in [6.07, 6.45) is 0.266. The first kappa shape index (κ1) is 31.9. The van der Waals surface area contributed by atoms with Crippen LogP contribution in [0.15, 0.2) is 4.99 Å². The van der Waals surface area contributed by atoms with E-state index in [-0.39, 0.29) is 37.0 Å². The number of guanidine groups is 1. The SMILES string of the molecule is CCC(C)C(N)C(=O)NC(CCCN=C(N)N)C(=O)NC(CS)C(=O)NC(CCC(=O)O)C(=O)O. The molecule has 3 amide bonds. The first-order valence-corrected chi connectivity index (χ1v) is 11.7. The summed E-state index contributed by atoms with van der Waals surface area (Å²) in [7, 11) is 0. The Hall–Kier alpha value is -3.07. The number of nitrogens with one attached hydrogen (secondary N) is 3. The van der Waals surface area contributed by atoms with Crippen LogP contribution in [0.5, 0.6) is 0 Å². The van der Waals surface area contributed by atoms with Gasteiger partial charge >= 0.3 is 11.9 Å². The molecule has 0 aromatic carbocycles. The van der Waals surface area contributed by atoms with Crippen molar-refractivity contribution >= 4 is 48.2 Å². The van der Waals surface area contributed by atoms with Gasteiger partial charge in [-0.2, -0.15) is 12.6 Å². The van der Waals surface area contributed by atoms with Crippen molar-refractivity contribution in [1.82, 2.24) is 16.0 Å². The highest BCUT2D eigenvalue weighted by Gasteiger charge is 2.30. The molecular formula is C20H37N7O7S. The molecule has 15 heteroatoms. The Morgan fingerprint density at radius 2 is 1.46 bits per heavy atom. The minimum atomic E-state index is -1.47. The lowest BCUT2D eigenvalue weighted by atomic mass is 9.98. The van der Waals surface area contributed by atoms with Crippen molar-refractivity contribution in [3.63, 3.8) is 0 Å². The van der Waals surface area contributed by atoms with E-state index in [1.54, 1.807) is 6.92 Å². The average molecular weight is 520 g/mol. The van der Waals surface area contributed by atoms with Gasteiger partial charge in [-0.25, -0.2) is 4.79 Å². The topological polar surface area (TPSA) is 252 Å². The molecular weight excluding hydrogens is 482 g/mol. The number of carboxylic acids is 2. The van der Waals surface area contributed by atoms with E-state index in [1.807, 2.05) is 6.92 Å². The number of aliphatic carboxylic acids is 2. The van der Waals surface area contributed by atoms with Crippen LogP contribution in [0.2, 0.25) is 0 Å². The second kappa shape index (κ2) is 16.5. The molecule has 0 saturated heterocycles. The maximum atomic E-state index is 12.9. The Labute approximate surface area is 209 Å². The van der Waals surface area contributed by atoms with Gasteiger partial charge in [0.15, 0.2) is 5.96 Å². The Bertz CT molecular complexity index is 777. The molecule has 11 N–H and O–H groups in total. The molecule has 0 spiro atoms. The number of carbonyl (C=O) groups excluding carboxylic acids is 3. The molecule has 0 aliphatic rings. The molecule has 0 heterocycles. The van der Waals surface area contributed by atoms with E-state index in [0.29, 0.717) is 12.8 Å². The summed E-state index contributed by atoms with van der Waals surface area (Å²) in [4.78, 5) is 63.9. The maximum absolute atomic E-state index is 12.9. The lowest BCUT2D eigenvalue weighted by molar-refractivity contribution is -0.143. The monoisotopic (exact) mass is 519 g/mol. The maximum Gasteiger partial charge on any atom is 0.326 e. The predicted molar refractivity (Wildman–Crippen MR) is 131 cm³/mol. The molecule has 5 atom stereocenters. The lowest BCUT2D eigenvalue weighted by Crippen LogP contribution is -2.58. The van der Waals surface area contributed by atoms with Crippen LogP contribution in [0, 0.1) is 5.92 Å². The molecule has 0 rings (SSSR count). The largest absolute Gasteiger partial charge is 0.481 e. The van der Waals surface area contributed by atoms with Crippen molar-refractivity contribution < 1.29 is 34.2 Å². The van der Waals surface area contributed by atoms with Crippen molar-refractivity contribution in [3.8, 4) is 0 Å². The summed E-state index contributed by atoms with van der Waals surface area (Å²) < 4.78 is 0. The van der Waals surface area contributed by atoms with Crippen molar-refractivity contribution in [3.05, 3.63) is 0 Å². The first-order chi connectivity index (χ1) is 16.3. The quantitative estimate of drug-likeness (QED) is 0.0431. The number of thiol groups is 1. The highest BCUT2D eigenvalue weighted by atomic mass is 32.1. The van der Waals surface area contributed by atoms with E-state index in [2.05, 4.69) is 33.6 Å². The van der Waals surface area contributed by atoms with Crippen LogP contribution in [0.1, 0.15) is 46.0 Å². The number of hydrogen-bond donors (Lipinski definition) is 9. The Morgan fingerprint density at radius 1 is 0.914 bits per heavy atom. The van der Waals surface area contributed by atoms with E-state index in [1.165, 1.54) is 0 Å². The summed E-state index contributed by atoms with van der Waals surface area (Å²) in [5, 5.41) is 25.2. The molecule has 14 nitrogen and oxygen atoms in total. The fourth-order valence-electron chi connectivity index (χ4n) is 2.82. The van der Waals surface area contributed by atoms with Gasteiger partial charge in [-0.1, -0.05) is 20.3 Å². The number of aliphatic imine (C=N–C) groups is 1. The van der Waals surface area contributed by atoms with E-state index in [4.69, 9.17) is 22.3 Å². The number of hydrogen-bond acceptors (Lipinski definition) is 8. The van der Waals surface area contributed by atoms with Gasteiger partial charge in [0.2, 0.25) is 17.7 Å². The molecule has 200 valence electrons. The number of nitrogens with two attached hydrogens (primary N) is 3. The van der Waals surface area contributed by atoms with Crippen molar-refractivity contribution in [1.29, 1.82) is 0 Å². The summed E-state index contributed by atoms with van der Waals surface area (Å²) in [6.45, 7) is 3.86. The van der Waals surface area contributed by atoms with Crippen LogP contribution in [0.3, 0.4) is 0 Å². The lowest BCUT2D eigenvalue weighted by Gasteiger charge is -2.25.